The molecule has 0 radical (unpaired) electrons. The zero-order valence-corrected chi connectivity index (χ0v) is 14.3. The summed E-state index contributed by atoms with van der Waals surface area (Å²) in [5, 5.41) is 2.73. The predicted octanol–water partition coefficient (Wildman–Crippen LogP) is 4.49. The van der Waals surface area contributed by atoms with Gasteiger partial charge < -0.3 is 10.2 Å². The van der Waals surface area contributed by atoms with Crippen molar-refractivity contribution >= 4 is 29.2 Å². The van der Waals surface area contributed by atoms with Crippen LogP contribution in [0, 0.1) is 0 Å². The van der Waals surface area contributed by atoms with E-state index in [2.05, 4.69) is 15.2 Å². The number of benzene rings is 1. The van der Waals surface area contributed by atoms with Gasteiger partial charge in [-0.25, -0.2) is 4.98 Å². The SMILES string of the molecule is CCN(CC)c1ccc(C(=O)Nc2ccc(SC(F)F)cc2)cn1. The van der Waals surface area contributed by atoms with Gasteiger partial charge in [0.05, 0.1) is 5.56 Å². The van der Waals surface area contributed by atoms with Gasteiger partial charge in [0, 0.05) is 29.9 Å². The lowest BCUT2D eigenvalue weighted by Gasteiger charge is -2.19. The third-order valence-corrected chi connectivity index (χ3v) is 4.16. The molecule has 0 atom stereocenters. The molecule has 0 aliphatic carbocycles. The molecular formula is C17H19F2N3OS. The van der Waals surface area contributed by atoms with Crippen molar-refractivity contribution in [2.75, 3.05) is 23.3 Å². The minimum absolute atomic E-state index is 0.289. The van der Waals surface area contributed by atoms with Gasteiger partial charge in [-0.1, -0.05) is 11.8 Å². The Morgan fingerprint density at radius 2 is 1.83 bits per heavy atom. The van der Waals surface area contributed by atoms with Gasteiger partial charge >= 0.3 is 0 Å². The first-order valence-corrected chi connectivity index (χ1v) is 8.48. The molecule has 4 nitrogen and oxygen atoms in total. The molecule has 1 heterocycles. The number of alkyl halides is 2. The van der Waals surface area contributed by atoms with Crippen LogP contribution in [0.15, 0.2) is 47.5 Å². The van der Waals surface area contributed by atoms with E-state index < -0.39 is 5.76 Å². The Morgan fingerprint density at radius 1 is 1.17 bits per heavy atom. The van der Waals surface area contributed by atoms with E-state index in [4.69, 9.17) is 0 Å². The number of hydrogen-bond acceptors (Lipinski definition) is 4. The minimum atomic E-state index is -2.46. The molecule has 0 spiro atoms. The number of hydrogen-bond donors (Lipinski definition) is 1. The lowest BCUT2D eigenvalue weighted by atomic mass is 10.2. The van der Waals surface area contributed by atoms with Crippen molar-refractivity contribution in [3.63, 3.8) is 0 Å². The third kappa shape index (κ3) is 4.92. The first-order valence-electron chi connectivity index (χ1n) is 7.60. The lowest BCUT2D eigenvalue weighted by Crippen LogP contribution is -2.23. The van der Waals surface area contributed by atoms with Crippen molar-refractivity contribution in [2.24, 2.45) is 0 Å². The average molecular weight is 351 g/mol. The summed E-state index contributed by atoms with van der Waals surface area (Å²) in [6, 6.07) is 9.82. The number of nitrogens with zero attached hydrogens (tertiary/aromatic N) is 2. The summed E-state index contributed by atoms with van der Waals surface area (Å²) in [5.41, 5.74) is 0.989. The van der Waals surface area contributed by atoms with Gasteiger partial charge in [0.15, 0.2) is 0 Å². The highest BCUT2D eigenvalue weighted by Crippen LogP contribution is 2.26. The van der Waals surface area contributed by atoms with Crippen LogP contribution in [0.2, 0.25) is 0 Å². The van der Waals surface area contributed by atoms with E-state index in [1.165, 1.54) is 6.20 Å². The molecule has 2 rings (SSSR count). The van der Waals surface area contributed by atoms with Crippen LogP contribution in [-0.2, 0) is 0 Å². The number of halogens is 2. The van der Waals surface area contributed by atoms with E-state index in [-0.39, 0.29) is 5.91 Å². The number of nitrogens with one attached hydrogen (secondary N) is 1. The summed E-state index contributed by atoms with van der Waals surface area (Å²) in [5.74, 6) is -1.92. The Kier molecular flexibility index (Phi) is 6.54. The molecular weight excluding hydrogens is 332 g/mol. The average Bonchev–Trinajstić information content (AvgIpc) is 2.58. The molecule has 0 bridgehead atoms. The second-order valence-electron chi connectivity index (χ2n) is 4.93. The molecule has 0 fully saturated rings. The van der Waals surface area contributed by atoms with Gasteiger partial charge in [0.25, 0.3) is 11.7 Å². The molecule has 0 unspecified atom stereocenters. The highest BCUT2D eigenvalue weighted by atomic mass is 32.2. The van der Waals surface area contributed by atoms with Crippen molar-refractivity contribution < 1.29 is 13.6 Å². The zero-order valence-electron chi connectivity index (χ0n) is 13.5. The molecule has 1 aromatic heterocycles. The van der Waals surface area contributed by atoms with Crippen molar-refractivity contribution in [1.82, 2.24) is 4.98 Å². The van der Waals surface area contributed by atoms with Crippen LogP contribution in [0.3, 0.4) is 0 Å². The molecule has 128 valence electrons. The Bertz CT molecular complexity index is 659. The predicted molar refractivity (Wildman–Crippen MR) is 94.1 cm³/mol. The number of rotatable bonds is 7. The number of anilines is 2. The van der Waals surface area contributed by atoms with Crippen molar-refractivity contribution in [3.8, 4) is 0 Å². The molecule has 0 aliphatic heterocycles. The highest BCUT2D eigenvalue weighted by molar-refractivity contribution is 7.99. The topological polar surface area (TPSA) is 45.2 Å². The van der Waals surface area contributed by atoms with Crippen LogP contribution in [0.25, 0.3) is 0 Å². The quantitative estimate of drug-likeness (QED) is 0.746. The molecule has 1 N–H and O–H groups in total. The van der Waals surface area contributed by atoms with Crippen molar-refractivity contribution in [1.29, 1.82) is 0 Å². The second kappa shape index (κ2) is 8.63. The summed E-state index contributed by atoms with van der Waals surface area (Å²) >= 11 is 0.470. The first-order chi connectivity index (χ1) is 11.5. The van der Waals surface area contributed by atoms with Crippen LogP contribution in [-0.4, -0.2) is 29.7 Å². The van der Waals surface area contributed by atoms with Crippen LogP contribution in [0.4, 0.5) is 20.3 Å². The smallest absolute Gasteiger partial charge is 0.288 e. The number of pyridine rings is 1. The summed E-state index contributed by atoms with van der Waals surface area (Å²) < 4.78 is 24.6. The summed E-state index contributed by atoms with van der Waals surface area (Å²) in [6.45, 7) is 5.78. The third-order valence-electron chi connectivity index (χ3n) is 3.43. The van der Waals surface area contributed by atoms with Crippen LogP contribution in [0.5, 0.6) is 0 Å². The standard InChI is InChI=1S/C17H19F2N3OS/c1-3-22(4-2)15-10-5-12(11-20-15)16(23)21-13-6-8-14(9-7-13)24-17(18)19/h5-11,17H,3-4H2,1-2H3,(H,21,23). The van der Waals surface area contributed by atoms with Crippen LogP contribution < -0.4 is 10.2 Å². The Balaban J connectivity index is 2.01. The van der Waals surface area contributed by atoms with Gasteiger partial charge in [-0.3, -0.25) is 4.79 Å². The fraction of sp³-hybridized carbons (Fsp3) is 0.294. The number of aromatic nitrogens is 1. The maximum Gasteiger partial charge on any atom is 0.288 e. The molecule has 0 aliphatic rings. The van der Waals surface area contributed by atoms with E-state index in [0.717, 1.165) is 18.9 Å². The van der Waals surface area contributed by atoms with E-state index in [9.17, 15) is 13.6 Å². The molecule has 0 saturated carbocycles. The zero-order chi connectivity index (χ0) is 17.5. The fourth-order valence-corrected chi connectivity index (χ4v) is 2.68. The van der Waals surface area contributed by atoms with Gasteiger partial charge in [0.2, 0.25) is 0 Å². The number of carbonyl (C=O) groups excluding carboxylic acids is 1. The molecule has 1 aromatic carbocycles. The van der Waals surface area contributed by atoms with E-state index in [0.29, 0.717) is 27.9 Å². The van der Waals surface area contributed by atoms with Gasteiger partial charge in [-0.15, -0.1) is 0 Å². The molecule has 1 amide bonds. The van der Waals surface area contributed by atoms with Crippen molar-refractivity contribution in [3.05, 3.63) is 48.2 Å². The first kappa shape index (κ1) is 18.2. The second-order valence-corrected chi connectivity index (χ2v) is 6.00. The van der Waals surface area contributed by atoms with Crippen LogP contribution in [0.1, 0.15) is 24.2 Å². The largest absolute Gasteiger partial charge is 0.357 e. The number of thioether (sulfide) groups is 1. The summed E-state index contributed by atoms with van der Waals surface area (Å²) in [6.07, 6.45) is 1.53. The summed E-state index contributed by atoms with van der Waals surface area (Å²) in [4.78, 5) is 19.1. The maximum atomic E-state index is 12.3. The van der Waals surface area contributed by atoms with Crippen molar-refractivity contribution in [2.45, 2.75) is 24.5 Å². The van der Waals surface area contributed by atoms with E-state index in [1.54, 1.807) is 30.3 Å². The Labute approximate surface area is 144 Å². The fourth-order valence-electron chi connectivity index (χ4n) is 2.18. The maximum absolute atomic E-state index is 12.3. The normalized spacial score (nSPS) is 10.7. The molecule has 24 heavy (non-hydrogen) atoms. The van der Waals surface area contributed by atoms with E-state index in [1.807, 2.05) is 19.9 Å². The van der Waals surface area contributed by atoms with Gasteiger partial charge in [-0.2, -0.15) is 8.78 Å². The Morgan fingerprint density at radius 3 is 2.33 bits per heavy atom. The monoisotopic (exact) mass is 351 g/mol. The number of amides is 1. The minimum Gasteiger partial charge on any atom is -0.357 e. The summed E-state index contributed by atoms with van der Waals surface area (Å²) in [7, 11) is 0. The Hall–Kier alpha value is -2.15. The number of carbonyl (C=O) groups is 1. The molecule has 0 saturated heterocycles. The molecule has 2 aromatic rings. The lowest BCUT2D eigenvalue weighted by molar-refractivity contribution is 0.102. The van der Waals surface area contributed by atoms with Gasteiger partial charge in [-0.05, 0) is 50.2 Å². The van der Waals surface area contributed by atoms with Gasteiger partial charge in [0.1, 0.15) is 5.82 Å². The highest BCUT2D eigenvalue weighted by Gasteiger charge is 2.10. The molecule has 7 heteroatoms. The van der Waals surface area contributed by atoms with E-state index >= 15 is 0 Å². The van der Waals surface area contributed by atoms with Crippen LogP contribution >= 0.6 is 11.8 Å².